The van der Waals surface area contributed by atoms with Crippen LogP contribution >= 0.6 is 0 Å². The Hall–Kier alpha value is -1.95. The zero-order valence-electron chi connectivity index (χ0n) is 11.0. The lowest BCUT2D eigenvalue weighted by molar-refractivity contribution is -0.122. The average molecular weight is 277 g/mol. The highest BCUT2D eigenvalue weighted by Crippen LogP contribution is 2.25. The summed E-state index contributed by atoms with van der Waals surface area (Å²) in [6.45, 7) is 1.39. The quantitative estimate of drug-likeness (QED) is 0.745. The first kappa shape index (κ1) is 13.1. The third kappa shape index (κ3) is 2.38. The topological polar surface area (TPSA) is 70.2 Å². The summed E-state index contributed by atoms with van der Waals surface area (Å²) >= 11 is 0. The van der Waals surface area contributed by atoms with Gasteiger partial charge in [-0.05, 0) is 36.6 Å². The van der Waals surface area contributed by atoms with Gasteiger partial charge in [0.2, 0.25) is 11.8 Å². The van der Waals surface area contributed by atoms with Crippen LogP contribution in [0.2, 0.25) is 0 Å². The zero-order valence-corrected chi connectivity index (χ0v) is 11.0. The normalized spacial score (nSPS) is 21.2. The van der Waals surface area contributed by atoms with E-state index in [2.05, 4.69) is 16.0 Å². The molecule has 0 bridgehead atoms. The Morgan fingerprint density at radius 2 is 2.20 bits per heavy atom. The summed E-state index contributed by atoms with van der Waals surface area (Å²) in [5.74, 6) is -0.854. The van der Waals surface area contributed by atoms with Gasteiger partial charge in [-0.25, -0.2) is 4.39 Å². The molecule has 3 rings (SSSR count). The van der Waals surface area contributed by atoms with Gasteiger partial charge in [0.25, 0.3) is 0 Å². The Morgan fingerprint density at radius 3 is 2.95 bits per heavy atom. The fourth-order valence-corrected chi connectivity index (χ4v) is 2.66. The van der Waals surface area contributed by atoms with E-state index in [1.807, 2.05) is 6.07 Å². The van der Waals surface area contributed by atoms with Crippen LogP contribution < -0.4 is 16.0 Å². The van der Waals surface area contributed by atoms with Gasteiger partial charge in [-0.15, -0.1) is 0 Å². The first-order valence-electron chi connectivity index (χ1n) is 6.76. The van der Waals surface area contributed by atoms with Crippen LogP contribution in [-0.2, 0) is 22.6 Å². The second-order valence-corrected chi connectivity index (χ2v) is 5.14. The van der Waals surface area contributed by atoms with Gasteiger partial charge in [0.05, 0.1) is 5.69 Å². The molecule has 1 unspecified atom stereocenters. The number of halogens is 1. The van der Waals surface area contributed by atoms with E-state index in [-0.39, 0.29) is 23.3 Å². The molecule has 2 aliphatic rings. The van der Waals surface area contributed by atoms with Crippen molar-refractivity contribution in [3.8, 4) is 0 Å². The fraction of sp³-hybridized carbons (Fsp3) is 0.429. The number of nitrogens with one attached hydrogen (secondary N) is 3. The molecule has 0 radical (unpaired) electrons. The summed E-state index contributed by atoms with van der Waals surface area (Å²) in [6, 6.07) is 2.85. The largest absolute Gasteiger partial charge is 0.344 e. The van der Waals surface area contributed by atoms with Crippen LogP contribution in [0.3, 0.4) is 0 Å². The van der Waals surface area contributed by atoms with Crippen molar-refractivity contribution < 1.29 is 14.0 Å². The molecule has 1 atom stereocenters. The Bertz CT molecular complexity index is 574. The van der Waals surface area contributed by atoms with Crippen molar-refractivity contribution in [1.82, 2.24) is 10.6 Å². The smallest absolute Gasteiger partial charge is 0.247 e. The molecule has 0 aliphatic carbocycles. The lowest BCUT2D eigenvalue weighted by Crippen LogP contribution is -2.37. The molecule has 2 heterocycles. The SMILES string of the molecule is O=C1CCC(C(=O)Nc2ccc3c(c2F)CCNC3)N1. The maximum Gasteiger partial charge on any atom is 0.247 e. The lowest BCUT2D eigenvalue weighted by atomic mass is 9.99. The van der Waals surface area contributed by atoms with Gasteiger partial charge in [0.1, 0.15) is 11.9 Å². The summed E-state index contributed by atoms with van der Waals surface area (Å²) in [5, 5.41) is 8.32. The molecular weight excluding hydrogens is 261 g/mol. The molecule has 20 heavy (non-hydrogen) atoms. The Labute approximate surface area is 115 Å². The summed E-state index contributed by atoms with van der Waals surface area (Å²) in [6.07, 6.45) is 1.42. The van der Waals surface area contributed by atoms with E-state index in [1.165, 1.54) is 0 Å². The number of amides is 2. The number of hydrogen-bond donors (Lipinski definition) is 3. The van der Waals surface area contributed by atoms with Gasteiger partial charge in [0, 0.05) is 13.0 Å². The first-order chi connectivity index (χ1) is 9.65. The minimum absolute atomic E-state index is 0.137. The molecule has 0 saturated carbocycles. The number of fused-ring (bicyclic) bond motifs is 1. The molecule has 1 saturated heterocycles. The highest BCUT2D eigenvalue weighted by Gasteiger charge is 2.28. The maximum atomic E-state index is 14.3. The van der Waals surface area contributed by atoms with Gasteiger partial charge in [-0.1, -0.05) is 6.07 Å². The third-order valence-corrected chi connectivity index (χ3v) is 3.78. The van der Waals surface area contributed by atoms with Crippen molar-refractivity contribution in [1.29, 1.82) is 0 Å². The highest BCUT2D eigenvalue weighted by atomic mass is 19.1. The monoisotopic (exact) mass is 277 g/mol. The average Bonchev–Trinajstić information content (AvgIpc) is 2.89. The minimum atomic E-state index is -0.556. The first-order valence-corrected chi connectivity index (χ1v) is 6.76. The number of rotatable bonds is 2. The van der Waals surface area contributed by atoms with Crippen molar-refractivity contribution in [3.05, 3.63) is 29.1 Å². The Kier molecular flexibility index (Phi) is 3.40. The van der Waals surface area contributed by atoms with Crippen LogP contribution in [-0.4, -0.2) is 24.4 Å². The summed E-state index contributed by atoms with van der Waals surface area (Å²) < 4.78 is 14.3. The van der Waals surface area contributed by atoms with E-state index in [9.17, 15) is 14.0 Å². The van der Waals surface area contributed by atoms with Crippen LogP contribution in [0.15, 0.2) is 12.1 Å². The van der Waals surface area contributed by atoms with E-state index in [4.69, 9.17) is 0 Å². The van der Waals surface area contributed by atoms with Crippen LogP contribution in [0, 0.1) is 5.82 Å². The second-order valence-electron chi connectivity index (χ2n) is 5.14. The number of benzene rings is 1. The van der Waals surface area contributed by atoms with Gasteiger partial charge in [-0.3, -0.25) is 9.59 Å². The molecule has 0 aromatic heterocycles. The van der Waals surface area contributed by atoms with Crippen molar-refractivity contribution in [2.45, 2.75) is 31.8 Å². The van der Waals surface area contributed by atoms with Crippen molar-refractivity contribution in [3.63, 3.8) is 0 Å². The lowest BCUT2D eigenvalue weighted by Gasteiger charge is -2.20. The van der Waals surface area contributed by atoms with Gasteiger partial charge < -0.3 is 16.0 Å². The molecule has 6 heteroatoms. The van der Waals surface area contributed by atoms with Crippen molar-refractivity contribution in [2.24, 2.45) is 0 Å². The predicted molar refractivity (Wildman–Crippen MR) is 71.6 cm³/mol. The van der Waals surface area contributed by atoms with Crippen molar-refractivity contribution in [2.75, 3.05) is 11.9 Å². The van der Waals surface area contributed by atoms with E-state index in [1.54, 1.807) is 6.07 Å². The van der Waals surface area contributed by atoms with Crippen LogP contribution in [0.1, 0.15) is 24.0 Å². The molecule has 5 nitrogen and oxygen atoms in total. The maximum absolute atomic E-state index is 14.3. The predicted octanol–water partition coefficient (Wildman–Crippen LogP) is 0.689. The van der Waals surface area contributed by atoms with Crippen LogP contribution in [0.4, 0.5) is 10.1 Å². The van der Waals surface area contributed by atoms with Crippen molar-refractivity contribution >= 4 is 17.5 Å². The third-order valence-electron chi connectivity index (χ3n) is 3.78. The molecule has 1 fully saturated rings. The minimum Gasteiger partial charge on any atom is -0.344 e. The van der Waals surface area contributed by atoms with Gasteiger partial charge in [-0.2, -0.15) is 0 Å². The highest BCUT2D eigenvalue weighted by molar-refractivity contribution is 5.99. The number of carbonyl (C=O) groups excluding carboxylic acids is 2. The standard InChI is InChI=1S/C14H16FN3O2/c15-13-9-5-6-16-7-8(9)1-2-10(13)18-14(20)11-3-4-12(19)17-11/h1-2,11,16H,3-7H2,(H,17,19)(H,18,20). The summed E-state index contributed by atoms with van der Waals surface area (Å²) in [5.41, 5.74) is 1.79. The molecular formula is C14H16FN3O2. The molecule has 2 aliphatic heterocycles. The molecule has 1 aromatic carbocycles. The van der Waals surface area contributed by atoms with E-state index < -0.39 is 6.04 Å². The number of anilines is 1. The number of carbonyl (C=O) groups is 2. The Morgan fingerprint density at radius 1 is 1.35 bits per heavy atom. The van der Waals surface area contributed by atoms with E-state index in [0.29, 0.717) is 31.4 Å². The summed E-state index contributed by atoms with van der Waals surface area (Å²) in [7, 11) is 0. The second kappa shape index (κ2) is 5.20. The molecule has 106 valence electrons. The van der Waals surface area contributed by atoms with Crippen LogP contribution in [0.5, 0.6) is 0 Å². The molecule has 0 spiro atoms. The van der Waals surface area contributed by atoms with E-state index in [0.717, 1.165) is 12.1 Å². The molecule has 1 aromatic rings. The van der Waals surface area contributed by atoms with Gasteiger partial charge in [0.15, 0.2) is 0 Å². The molecule has 3 N–H and O–H groups in total. The van der Waals surface area contributed by atoms with Crippen LogP contribution in [0.25, 0.3) is 0 Å². The summed E-state index contributed by atoms with van der Waals surface area (Å²) in [4.78, 5) is 23.1. The number of hydrogen-bond acceptors (Lipinski definition) is 3. The van der Waals surface area contributed by atoms with Gasteiger partial charge >= 0.3 is 0 Å². The Balaban J connectivity index is 1.77. The fourth-order valence-electron chi connectivity index (χ4n) is 2.66. The molecule has 2 amide bonds. The zero-order chi connectivity index (χ0) is 14.1. The van der Waals surface area contributed by atoms with E-state index >= 15 is 0 Å².